The molecule has 0 aliphatic heterocycles. The molecule has 0 aromatic carbocycles. The SMILES string of the molecule is CSCCCNC(=O)c1nc(NN)ccc1Cl. The lowest BCUT2D eigenvalue weighted by Crippen LogP contribution is -2.26. The molecule has 1 aromatic heterocycles. The molecule has 5 nitrogen and oxygen atoms in total. The van der Waals surface area contributed by atoms with Crippen molar-refractivity contribution in [3.05, 3.63) is 22.8 Å². The maximum atomic E-state index is 11.8. The molecule has 1 amide bonds. The van der Waals surface area contributed by atoms with Crippen LogP contribution in [0.1, 0.15) is 16.9 Å². The number of aromatic nitrogens is 1. The third-order valence-electron chi connectivity index (χ3n) is 2.02. The second-order valence-corrected chi connectivity index (χ2v) is 4.67. The Morgan fingerprint density at radius 2 is 2.35 bits per heavy atom. The van der Waals surface area contributed by atoms with Crippen molar-refractivity contribution in [1.29, 1.82) is 0 Å². The summed E-state index contributed by atoms with van der Waals surface area (Å²) in [7, 11) is 0. The molecule has 94 valence electrons. The first-order valence-corrected chi connectivity index (χ1v) is 6.86. The number of anilines is 1. The van der Waals surface area contributed by atoms with Gasteiger partial charge in [0.15, 0.2) is 0 Å². The molecule has 0 radical (unpaired) electrons. The van der Waals surface area contributed by atoms with Crippen molar-refractivity contribution < 1.29 is 4.79 Å². The average molecular weight is 275 g/mol. The van der Waals surface area contributed by atoms with Crippen molar-refractivity contribution in [1.82, 2.24) is 10.3 Å². The topological polar surface area (TPSA) is 80.0 Å². The predicted molar refractivity (Wildman–Crippen MR) is 72.4 cm³/mol. The van der Waals surface area contributed by atoms with Gasteiger partial charge in [0.05, 0.1) is 5.02 Å². The van der Waals surface area contributed by atoms with Gasteiger partial charge in [-0.1, -0.05) is 11.6 Å². The Labute approximate surface area is 109 Å². The third-order valence-corrected chi connectivity index (χ3v) is 3.02. The predicted octanol–water partition coefficient (Wildman–Crippen LogP) is 1.50. The molecule has 17 heavy (non-hydrogen) atoms. The minimum Gasteiger partial charge on any atom is -0.351 e. The van der Waals surface area contributed by atoms with Crippen molar-refractivity contribution in [3.8, 4) is 0 Å². The van der Waals surface area contributed by atoms with Gasteiger partial charge in [-0.3, -0.25) is 4.79 Å². The number of thioether (sulfide) groups is 1. The Morgan fingerprint density at radius 3 is 3.00 bits per heavy atom. The Kier molecular flexibility index (Phi) is 6.10. The van der Waals surface area contributed by atoms with Crippen LogP contribution in [-0.4, -0.2) is 29.4 Å². The fraction of sp³-hybridized carbons (Fsp3) is 0.400. The van der Waals surface area contributed by atoms with Crippen LogP contribution in [0.3, 0.4) is 0 Å². The number of hydrazine groups is 1. The number of nitrogens with two attached hydrogens (primary N) is 1. The Morgan fingerprint density at radius 1 is 1.59 bits per heavy atom. The molecule has 0 saturated carbocycles. The molecule has 1 rings (SSSR count). The van der Waals surface area contributed by atoms with Crippen LogP contribution in [0.5, 0.6) is 0 Å². The zero-order valence-electron chi connectivity index (χ0n) is 9.50. The average Bonchev–Trinajstić information content (AvgIpc) is 2.35. The van der Waals surface area contributed by atoms with Gasteiger partial charge in [0, 0.05) is 6.54 Å². The first-order valence-electron chi connectivity index (χ1n) is 5.09. The zero-order chi connectivity index (χ0) is 12.7. The number of pyridine rings is 1. The largest absolute Gasteiger partial charge is 0.351 e. The highest BCUT2D eigenvalue weighted by atomic mass is 35.5. The Balaban J connectivity index is 2.61. The van der Waals surface area contributed by atoms with Gasteiger partial charge in [-0.2, -0.15) is 11.8 Å². The number of carbonyl (C=O) groups excluding carboxylic acids is 1. The van der Waals surface area contributed by atoms with Gasteiger partial charge in [-0.25, -0.2) is 10.8 Å². The third kappa shape index (κ3) is 4.41. The quantitative estimate of drug-likeness (QED) is 0.416. The molecule has 1 heterocycles. The first kappa shape index (κ1) is 14.1. The van der Waals surface area contributed by atoms with Gasteiger partial charge in [0.1, 0.15) is 11.5 Å². The van der Waals surface area contributed by atoms with E-state index < -0.39 is 0 Å². The molecule has 7 heteroatoms. The fourth-order valence-corrected chi connectivity index (χ4v) is 1.81. The summed E-state index contributed by atoms with van der Waals surface area (Å²) in [6.45, 7) is 0.609. The molecule has 4 N–H and O–H groups in total. The smallest absolute Gasteiger partial charge is 0.271 e. The summed E-state index contributed by atoms with van der Waals surface area (Å²) in [5.74, 6) is 6.35. The molecule has 1 aromatic rings. The van der Waals surface area contributed by atoms with E-state index >= 15 is 0 Å². The summed E-state index contributed by atoms with van der Waals surface area (Å²) < 4.78 is 0. The number of nitrogens with zero attached hydrogens (tertiary/aromatic N) is 1. The minimum absolute atomic E-state index is 0.186. The molecular weight excluding hydrogens is 260 g/mol. The summed E-state index contributed by atoms with van der Waals surface area (Å²) in [5.41, 5.74) is 2.56. The van der Waals surface area contributed by atoms with Gasteiger partial charge < -0.3 is 10.7 Å². The Hall–Kier alpha value is -0.980. The summed E-state index contributed by atoms with van der Waals surface area (Å²) in [4.78, 5) is 15.8. The van der Waals surface area contributed by atoms with E-state index in [0.717, 1.165) is 12.2 Å². The van der Waals surface area contributed by atoms with Crippen LogP contribution in [0, 0.1) is 0 Å². The van der Waals surface area contributed by atoms with E-state index in [0.29, 0.717) is 17.4 Å². The first-order chi connectivity index (χ1) is 8.19. The fourth-order valence-electron chi connectivity index (χ4n) is 1.18. The second-order valence-electron chi connectivity index (χ2n) is 3.27. The molecule has 0 spiro atoms. The van der Waals surface area contributed by atoms with Gasteiger partial charge in [0.25, 0.3) is 5.91 Å². The van der Waals surface area contributed by atoms with Gasteiger partial charge >= 0.3 is 0 Å². The molecule has 0 bridgehead atoms. The van der Waals surface area contributed by atoms with Crippen molar-refractivity contribution in [2.75, 3.05) is 24.0 Å². The van der Waals surface area contributed by atoms with E-state index in [-0.39, 0.29) is 11.6 Å². The molecule has 0 atom stereocenters. The lowest BCUT2D eigenvalue weighted by atomic mass is 10.3. The van der Waals surface area contributed by atoms with Crippen LogP contribution in [0.25, 0.3) is 0 Å². The highest BCUT2D eigenvalue weighted by molar-refractivity contribution is 7.98. The van der Waals surface area contributed by atoms with Crippen LogP contribution >= 0.6 is 23.4 Å². The number of hydrogen-bond acceptors (Lipinski definition) is 5. The van der Waals surface area contributed by atoms with Crippen LogP contribution < -0.4 is 16.6 Å². The van der Waals surface area contributed by atoms with E-state index in [4.69, 9.17) is 17.4 Å². The molecule has 0 aliphatic rings. The normalized spacial score (nSPS) is 10.1. The Bertz CT molecular complexity index is 389. The monoisotopic (exact) mass is 274 g/mol. The van der Waals surface area contributed by atoms with Crippen molar-refractivity contribution in [3.63, 3.8) is 0 Å². The van der Waals surface area contributed by atoms with E-state index in [1.165, 1.54) is 0 Å². The maximum absolute atomic E-state index is 11.8. The standard InChI is InChI=1S/C10H15ClN4OS/c1-17-6-2-5-13-10(16)9-7(11)3-4-8(14-9)15-12/h3-4H,2,5-6,12H2,1H3,(H,13,16)(H,14,15). The lowest BCUT2D eigenvalue weighted by Gasteiger charge is -2.07. The maximum Gasteiger partial charge on any atom is 0.271 e. The number of halogens is 1. The highest BCUT2D eigenvalue weighted by Gasteiger charge is 2.12. The number of carbonyl (C=O) groups is 1. The van der Waals surface area contributed by atoms with Gasteiger partial charge in [-0.05, 0) is 30.6 Å². The summed E-state index contributed by atoms with van der Waals surface area (Å²) in [6, 6.07) is 3.19. The van der Waals surface area contributed by atoms with Crippen LogP contribution in [0.4, 0.5) is 5.82 Å². The lowest BCUT2D eigenvalue weighted by molar-refractivity contribution is 0.0949. The molecule has 0 unspecified atom stereocenters. The van der Waals surface area contributed by atoms with Crippen LogP contribution in [-0.2, 0) is 0 Å². The summed E-state index contributed by atoms with van der Waals surface area (Å²) >= 11 is 7.63. The molecule has 0 saturated heterocycles. The highest BCUT2D eigenvalue weighted by Crippen LogP contribution is 2.15. The number of hydrogen-bond donors (Lipinski definition) is 3. The van der Waals surface area contributed by atoms with Crippen LogP contribution in [0.15, 0.2) is 12.1 Å². The van der Waals surface area contributed by atoms with Crippen molar-refractivity contribution in [2.24, 2.45) is 5.84 Å². The number of nitrogen functional groups attached to an aromatic ring is 1. The molecular formula is C10H15ClN4OS. The van der Waals surface area contributed by atoms with E-state index in [9.17, 15) is 4.79 Å². The summed E-state index contributed by atoms with van der Waals surface area (Å²) in [6.07, 6.45) is 2.94. The zero-order valence-corrected chi connectivity index (χ0v) is 11.1. The van der Waals surface area contributed by atoms with Crippen molar-refractivity contribution >= 4 is 35.1 Å². The van der Waals surface area contributed by atoms with Gasteiger partial charge in [-0.15, -0.1) is 0 Å². The summed E-state index contributed by atoms with van der Waals surface area (Å²) in [5, 5.41) is 3.07. The van der Waals surface area contributed by atoms with E-state index in [1.54, 1.807) is 23.9 Å². The van der Waals surface area contributed by atoms with E-state index in [2.05, 4.69) is 15.7 Å². The molecule has 0 aliphatic carbocycles. The van der Waals surface area contributed by atoms with E-state index in [1.807, 2.05) is 6.26 Å². The number of nitrogens with one attached hydrogen (secondary N) is 2. The number of amides is 1. The minimum atomic E-state index is -0.284. The molecule has 0 fully saturated rings. The number of rotatable bonds is 6. The second kappa shape index (κ2) is 7.37. The van der Waals surface area contributed by atoms with Crippen LogP contribution in [0.2, 0.25) is 5.02 Å². The van der Waals surface area contributed by atoms with Gasteiger partial charge in [0.2, 0.25) is 0 Å². The van der Waals surface area contributed by atoms with Crippen molar-refractivity contribution in [2.45, 2.75) is 6.42 Å².